The van der Waals surface area contributed by atoms with Crippen LogP contribution in [0.2, 0.25) is 0 Å². The van der Waals surface area contributed by atoms with E-state index in [0.29, 0.717) is 0 Å². The molecule has 1 saturated heterocycles. The normalized spacial score (nSPS) is 15.7. The van der Waals surface area contributed by atoms with Gasteiger partial charge in [-0.05, 0) is 36.5 Å². The topological polar surface area (TPSA) is 4.93 Å². The summed E-state index contributed by atoms with van der Waals surface area (Å²) in [7, 11) is 2.00. The Labute approximate surface area is 72.8 Å². The Hall–Kier alpha value is -0.370. The summed E-state index contributed by atoms with van der Waals surface area (Å²) in [5.74, 6) is 2.83. The monoisotopic (exact) mass is 169 g/mol. The highest BCUT2D eigenvalue weighted by molar-refractivity contribution is 7.99. The Morgan fingerprint density at radius 2 is 1.64 bits per heavy atom. The fourth-order valence-corrected chi connectivity index (χ4v) is 1.95. The first-order valence-corrected chi connectivity index (χ1v) is 5.20. The maximum atomic E-state index is 2.07. The Morgan fingerprint density at radius 3 is 1.82 bits per heavy atom. The molecule has 0 spiro atoms. The maximum Gasteiger partial charge on any atom is 0.0106 e. The van der Waals surface area contributed by atoms with Crippen LogP contribution in [0.1, 0.15) is 12.8 Å². The van der Waals surface area contributed by atoms with Gasteiger partial charge in [0.2, 0.25) is 0 Å². The molecule has 1 aromatic rings. The van der Waals surface area contributed by atoms with Crippen molar-refractivity contribution in [3.05, 3.63) is 24.5 Å². The first-order valence-electron chi connectivity index (χ1n) is 4.04. The highest BCUT2D eigenvalue weighted by atomic mass is 32.2. The molecular weight excluding hydrogens is 154 g/mol. The van der Waals surface area contributed by atoms with Gasteiger partial charge in [-0.15, -0.1) is 0 Å². The standard InChI is InChI=1S/C5H7N.C4H8S/c1-6-4-2-3-5-6;1-2-4-5-3-1/h2-5H,1H3;1-4H2. The van der Waals surface area contributed by atoms with E-state index in [1.165, 1.54) is 24.3 Å². The Bertz CT molecular complexity index is 158. The van der Waals surface area contributed by atoms with Crippen molar-refractivity contribution in [2.45, 2.75) is 12.8 Å². The van der Waals surface area contributed by atoms with Crippen molar-refractivity contribution in [3.8, 4) is 0 Å². The van der Waals surface area contributed by atoms with Crippen molar-refractivity contribution in [2.24, 2.45) is 7.05 Å². The zero-order valence-electron chi connectivity index (χ0n) is 6.99. The zero-order chi connectivity index (χ0) is 7.94. The van der Waals surface area contributed by atoms with Crippen molar-refractivity contribution in [3.63, 3.8) is 0 Å². The Kier molecular flexibility index (Phi) is 4.21. The van der Waals surface area contributed by atoms with Crippen LogP contribution in [0.25, 0.3) is 0 Å². The molecule has 0 radical (unpaired) electrons. The predicted molar refractivity (Wildman–Crippen MR) is 52.0 cm³/mol. The van der Waals surface area contributed by atoms with Gasteiger partial charge in [0.05, 0.1) is 0 Å². The Morgan fingerprint density at radius 1 is 1.09 bits per heavy atom. The van der Waals surface area contributed by atoms with Crippen LogP contribution in [0.3, 0.4) is 0 Å². The van der Waals surface area contributed by atoms with Gasteiger partial charge in [0.15, 0.2) is 0 Å². The molecule has 0 aromatic carbocycles. The number of hydrogen-bond donors (Lipinski definition) is 0. The molecule has 11 heavy (non-hydrogen) atoms. The summed E-state index contributed by atoms with van der Waals surface area (Å²) >= 11 is 2.07. The molecule has 2 rings (SSSR count). The molecule has 1 nitrogen and oxygen atoms in total. The lowest BCUT2D eigenvalue weighted by molar-refractivity contribution is 0.928. The van der Waals surface area contributed by atoms with Crippen LogP contribution in [-0.4, -0.2) is 16.1 Å². The highest BCUT2D eigenvalue weighted by Crippen LogP contribution is 2.14. The third-order valence-corrected chi connectivity index (χ3v) is 2.74. The van der Waals surface area contributed by atoms with E-state index in [4.69, 9.17) is 0 Å². The summed E-state index contributed by atoms with van der Waals surface area (Å²) in [6, 6.07) is 4.00. The quantitative estimate of drug-likeness (QED) is 0.578. The SMILES string of the molecule is C1CCSC1.Cn1cccc1. The molecule has 0 saturated carbocycles. The third-order valence-electron chi connectivity index (χ3n) is 1.58. The van der Waals surface area contributed by atoms with E-state index in [1.54, 1.807) is 0 Å². The number of aromatic nitrogens is 1. The summed E-state index contributed by atoms with van der Waals surface area (Å²) in [5, 5.41) is 0. The number of aryl methyl sites for hydroxylation is 1. The average molecular weight is 169 g/mol. The molecule has 1 aliphatic heterocycles. The molecule has 0 N–H and O–H groups in total. The summed E-state index contributed by atoms with van der Waals surface area (Å²) < 4.78 is 2.00. The smallest absolute Gasteiger partial charge is 0.0106 e. The van der Waals surface area contributed by atoms with E-state index < -0.39 is 0 Å². The molecule has 1 fully saturated rings. The van der Waals surface area contributed by atoms with Gasteiger partial charge in [0.25, 0.3) is 0 Å². The van der Waals surface area contributed by atoms with E-state index in [2.05, 4.69) is 11.8 Å². The van der Waals surface area contributed by atoms with Crippen molar-refractivity contribution in [1.82, 2.24) is 4.57 Å². The second-order valence-corrected chi connectivity index (χ2v) is 3.89. The van der Waals surface area contributed by atoms with Crippen LogP contribution in [0.5, 0.6) is 0 Å². The molecule has 0 amide bonds. The fraction of sp³-hybridized carbons (Fsp3) is 0.556. The lowest BCUT2D eigenvalue weighted by atomic mass is 10.4. The van der Waals surface area contributed by atoms with E-state index in [9.17, 15) is 0 Å². The third kappa shape index (κ3) is 4.14. The molecular formula is C9H15NS. The lowest BCUT2D eigenvalue weighted by Gasteiger charge is -1.79. The van der Waals surface area contributed by atoms with E-state index in [1.807, 2.05) is 36.1 Å². The molecule has 2 heterocycles. The molecule has 0 atom stereocenters. The molecule has 0 aliphatic carbocycles. The average Bonchev–Trinajstić information content (AvgIpc) is 2.57. The summed E-state index contributed by atoms with van der Waals surface area (Å²) in [5.41, 5.74) is 0. The summed E-state index contributed by atoms with van der Waals surface area (Å²) in [6.07, 6.45) is 6.93. The van der Waals surface area contributed by atoms with Gasteiger partial charge < -0.3 is 4.57 Å². The predicted octanol–water partition coefficient (Wildman–Crippen LogP) is 2.54. The number of rotatable bonds is 0. The van der Waals surface area contributed by atoms with Crippen molar-refractivity contribution in [1.29, 1.82) is 0 Å². The van der Waals surface area contributed by atoms with Crippen molar-refractivity contribution in [2.75, 3.05) is 11.5 Å². The van der Waals surface area contributed by atoms with Gasteiger partial charge in [0.1, 0.15) is 0 Å². The van der Waals surface area contributed by atoms with E-state index in [0.717, 1.165) is 0 Å². The first kappa shape index (κ1) is 8.72. The van der Waals surface area contributed by atoms with Crippen LogP contribution in [0, 0.1) is 0 Å². The van der Waals surface area contributed by atoms with Crippen LogP contribution >= 0.6 is 11.8 Å². The molecule has 1 aromatic heterocycles. The highest BCUT2D eigenvalue weighted by Gasteiger charge is 1.95. The number of nitrogens with zero attached hydrogens (tertiary/aromatic N) is 1. The Balaban J connectivity index is 0.000000112. The van der Waals surface area contributed by atoms with Crippen molar-refractivity contribution < 1.29 is 0 Å². The van der Waals surface area contributed by atoms with Gasteiger partial charge in [0, 0.05) is 19.4 Å². The van der Waals surface area contributed by atoms with Crippen LogP contribution in [-0.2, 0) is 7.05 Å². The minimum Gasteiger partial charge on any atom is -0.357 e. The molecule has 0 unspecified atom stereocenters. The molecule has 2 heteroatoms. The van der Waals surface area contributed by atoms with E-state index in [-0.39, 0.29) is 0 Å². The number of thioether (sulfide) groups is 1. The summed E-state index contributed by atoms with van der Waals surface area (Å²) in [4.78, 5) is 0. The van der Waals surface area contributed by atoms with E-state index >= 15 is 0 Å². The van der Waals surface area contributed by atoms with Gasteiger partial charge in [-0.3, -0.25) is 0 Å². The number of hydrogen-bond acceptors (Lipinski definition) is 1. The second kappa shape index (κ2) is 5.30. The lowest BCUT2D eigenvalue weighted by Crippen LogP contribution is -1.75. The van der Waals surface area contributed by atoms with Gasteiger partial charge >= 0.3 is 0 Å². The minimum atomic E-state index is 1.42. The summed E-state index contributed by atoms with van der Waals surface area (Å²) in [6.45, 7) is 0. The fourth-order valence-electron chi connectivity index (χ4n) is 0.931. The van der Waals surface area contributed by atoms with Gasteiger partial charge in [-0.25, -0.2) is 0 Å². The van der Waals surface area contributed by atoms with Crippen molar-refractivity contribution >= 4 is 11.8 Å². The minimum absolute atomic E-state index is 1.42. The van der Waals surface area contributed by atoms with Crippen LogP contribution < -0.4 is 0 Å². The molecule has 0 bridgehead atoms. The van der Waals surface area contributed by atoms with Crippen LogP contribution in [0.15, 0.2) is 24.5 Å². The van der Waals surface area contributed by atoms with Gasteiger partial charge in [-0.2, -0.15) is 11.8 Å². The van der Waals surface area contributed by atoms with Gasteiger partial charge in [-0.1, -0.05) is 0 Å². The molecule has 1 aliphatic rings. The zero-order valence-corrected chi connectivity index (χ0v) is 7.81. The second-order valence-electron chi connectivity index (χ2n) is 2.67. The maximum absolute atomic E-state index is 2.07. The largest absolute Gasteiger partial charge is 0.357 e. The molecule has 62 valence electrons. The van der Waals surface area contributed by atoms with Crippen LogP contribution in [0.4, 0.5) is 0 Å². The first-order chi connectivity index (χ1) is 5.39.